The van der Waals surface area contributed by atoms with E-state index < -0.39 is 23.7 Å². The molecule has 1 amide bonds. The molecule has 1 heterocycles. The number of amides is 1. The lowest BCUT2D eigenvalue weighted by Crippen LogP contribution is -2.29. The topological polar surface area (TPSA) is 93.1 Å². The van der Waals surface area contributed by atoms with E-state index in [1.807, 2.05) is 45.0 Å². The fraction of sp³-hybridized carbons (Fsp3) is 0.303. The number of esters is 1. The second-order valence-electron chi connectivity index (χ2n) is 10.5. The zero-order valence-corrected chi connectivity index (χ0v) is 23.6. The van der Waals surface area contributed by atoms with Crippen LogP contribution in [0.4, 0.5) is 5.69 Å². The van der Waals surface area contributed by atoms with Crippen molar-refractivity contribution in [2.24, 2.45) is 5.92 Å². The molecule has 0 radical (unpaired) electrons. The Kier molecular flexibility index (Phi) is 8.73. The summed E-state index contributed by atoms with van der Waals surface area (Å²) >= 11 is 0. The fourth-order valence-corrected chi connectivity index (χ4v) is 4.66. The van der Waals surface area contributed by atoms with Crippen molar-refractivity contribution in [2.75, 3.05) is 18.1 Å². The maximum atomic E-state index is 13.5. The van der Waals surface area contributed by atoms with Crippen LogP contribution in [0.5, 0.6) is 5.75 Å². The molecule has 0 aliphatic carbocycles. The highest BCUT2D eigenvalue weighted by Crippen LogP contribution is 2.42. The van der Waals surface area contributed by atoms with Gasteiger partial charge in [-0.3, -0.25) is 14.5 Å². The number of Topliss-reactive ketones (excluding diaryl/α,β-unsaturated/α-hetero) is 1. The lowest BCUT2D eigenvalue weighted by Gasteiger charge is -2.26. The molecule has 0 bridgehead atoms. The average Bonchev–Trinajstić information content (AvgIpc) is 3.20. The SMILES string of the molecule is CCCOC(=O)c1ccc(N2C(=O)C(=O)/C(=C(\O)c3ccc(OCC(C)C)c(C)c3)C2c2cccc(C)c2)cc1. The molecule has 1 fully saturated rings. The summed E-state index contributed by atoms with van der Waals surface area (Å²) in [7, 11) is 0. The third kappa shape index (κ3) is 5.93. The van der Waals surface area contributed by atoms with Crippen molar-refractivity contribution in [1.82, 2.24) is 0 Å². The fourth-order valence-electron chi connectivity index (χ4n) is 4.66. The Labute approximate surface area is 235 Å². The van der Waals surface area contributed by atoms with Crippen LogP contribution in [-0.4, -0.2) is 36.0 Å². The third-order valence-corrected chi connectivity index (χ3v) is 6.64. The van der Waals surface area contributed by atoms with Crippen LogP contribution in [0.3, 0.4) is 0 Å². The second kappa shape index (κ2) is 12.2. The largest absolute Gasteiger partial charge is 0.507 e. The maximum Gasteiger partial charge on any atom is 0.338 e. The van der Waals surface area contributed by atoms with Gasteiger partial charge < -0.3 is 14.6 Å². The van der Waals surface area contributed by atoms with Gasteiger partial charge in [-0.25, -0.2) is 4.79 Å². The number of anilines is 1. The van der Waals surface area contributed by atoms with Crippen LogP contribution >= 0.6 is 0 Å². The number of benzene rings is 3. The summed E-state index contributed by atoms with van der Waals surface area (Å²) in [5, 5.41) is 11.5. The third-order valence-electron chi connectivity index (χ3n) is 6.64. The number of aryl methyl sites for hydroxylation is 2. The molecule has 7 heteroatoms. The molecule has 208 valence electrons. The van der Waals surface area contributed by atoms with Crippen molar-refractivity contribution in [1.29, 1.82) is 0 Å². The highest BCUT2D eigenvalue weighted by atomic mass is 16.5. The Morgan fingerprint density at radius 3 is 2.30 bits per heavy atom. The van der Waals surface area contributed by atoms with Gasteiger partial charge in [0, 0.05) is 11.3 Å². The van der Waals surface area contributed by atoms with Gasteiger partial charge in [-0.15, -0.1) is 0 Å². The van der Waals surface area contributed by atoms with Gasteiger partial charge >= 0.3 is 5.97 Å². The number of ether oxygens (including phenoxy) is 2. The zero-order valence-electron chi connectivity index (χ0n) is 23.6. The molecule has 3 aromatic rings. The molecule has 1 aliphatic rings. The first kappa shape index (κ1) is 28.6. The van der Waals surface area contributed by atoms with Gasteiger partial charge in [-0.2, -0.15) is 0 Å². The van der Waals surface area contributed by atoms with Gasteiger partial charge in [0.05, 0.1) is 30.4 Å². The number of carbonyl (C=O) groups excluding carboxylic acids is 3. The van der Waals surface area contributed by atoms with Crippen LogP contribution in [-0.2, 0) is 14.3 Å². The smallest absolute Gasteiger partial charge is 0.338 e. The molecule has 1 N–H and O–H groups in total. The van der Waals surface area contributed by atoms with E-state index in [0.717, 1.165) is 11.1 Å². The summed E-state index contributed by atoms with van der Waals surface area (Å²) in [6.45, 7) is 10.7. The molecule has 40 heavy (non-hydrogen) atoms. The minimum Gasteiger partial charge on any atom is -0.507 e. The number of hydrogen-bond donors (Lipinski definition) is 1. The molecular formula is C33H35NO6. The van der Waals surface area contributed by atoms with Gasteiger partial charge in [0.1, 0.15) is 11.5 Å². The number of carbonyl (C=O) groups is 3. The first-order valence-electron chi connectivity index (χ1n) is 13.5. The van der Waals surface area contributed by atoms with Crippen molar-refractivity contribution in [3.8, 4) is 5.75 Å². The Bertz CT molecular complexity index is 1450. The quantitative estimate of drug-likeness (QED) is 0.143. The van der Waals surface area contributed by atoms with E-state index in [4.69, 9.17) is 9.47 Å². The first-order valence-corrected chi connectivity index (χ1v) is 13.5. The lowest BCUT2D eigenvalue weighted by molar-refractivity contribution is -0.132. The van der Waals surface area contributed by atoms with Crippen molar-refractivity contribution in [3.63, 3.8) is 0 Å². The van der Waals surface area contributed by atoms with E-state index in [9.17, 15) is 19.5 Å². The second-order valence-corrected chi connectivity index (χ2v) is 10.5. The standard InChI is InChI=1S/C33H35NO6/c1-6-16-39-33(38)23-10-13-26(14-11-23)34-29(24-9-7-8-21(4)17-24)28(31(36)32(34)37)30(35)25-12-15-27(22(5)18-25)40-19-20(2)3/h7-15,17-18,20,29,35H,6,16,19H2,1-5H3/b30-28-. The summed E-state index contributed by atoms with van der Waals surface area (Å²) < 4.78 is 11.1. The van der Waals surface area contributed by atoms with E-state index in [2.05, 4.69) is 13.8 Å². The van der Waals surface area contributed by atoms with Gasteiger partial charge in [0.2, 0.25) is 0 Å². The van der Waals surface area contributed by atoms with Crippen molar-refractivity contribution < 1.29 is 29.0 Å². The maximum absolute atomic E-state index is 13.5. The minimum atomic E-state index is -0.866. The van der Waals surface area contributed by atoms with E-state index in [0.29, 0.717) is 53.7 Å². The molecule has 0 spiro atoms. The highest BCUT2D eigenvalue weighted by molar-refractivity contribution is 6.51. The van der Waals surface area contributed by atoms with Crippen LogP contribution in [0.25, 0.3) is 5.76 Å². The van der Waals surface area contributed by atoms with Crippen LogP contribution in [0, 0.1) is 19.8 Å². The van der Waals surface area contributed by atoms with E-state index in [1.165, 1.54) is 4.90 Å². The lowest BCUT2D eigenvalue weighted by atomic mass is 9.93. The molecule has 1 atom stereocenters. The molecular weight excluding hydrogens is 506 g/mol. The molecule has 1 saturated heterocycles. The van der Waals surface area contributed by atoms with E-state index in [1.54, 1.807) is 42.5 Å². The van der Waals surface area contributed by atoms with E-state index in [-0.39, 0.29) is 11.3 Å². The van der Waals surface area contributed by atoms with Crippen LogP contribution in [0.2, 0.25) is 0 Å². The number of hydrogen-bond acceptors (Lipinski definition) is 6. The number of nitrogens with zero attached hydrogens (tertiary/aromatic N) is 1. The minimum absolute atomic E-state index is 0.00252. The van der Waals surface area contributed by atoms with Crippen molar-refractivity contribution in [2.45, 2.75) is 47.1 Å². The summed E-state index contributed by atoms with van der Waals surface area (Å²) in [5.74, 6) is -1.21. The Morgan fingerprint density at radius 1 is 0.975 bits per heavy atom. The molecule has 0 aromatic heterocycles. The summed E-state index contributed by atoms with van der Waals surface area (Å²) in [6.07, 6.45) is 0.707. The predicted molar refractivity (Wildman–Crippen MR) is 154 cm³/mol. The van der Waals surface area contributed by atoms with Crippen molar-refractivity contribution >= 4 is 29.1 Å². The number of aliphatic hydroxyl groups is 1. The monoisotopic (exact) mass is 541 g/mol. The highest BCUT2D eigenvalue weighted by Gasteiger charge is 2.47. The van der Waals surface area contributed by atoms with E-state index >= 15 is 0 Å². The number of rotatable bonds is 9. The Hall–Kier alpha value is -4.39. The number of aliphatic hydroxyl groups excluding tert-OH is 1. The average molecular weight is 542 g/mol. The predicted octanol–water partition coefficient (Wildman–Crippen LogP) is 6.53. The van der Waals surface area contributed by atoms with Gasteiger partial charge in [0.25, 0.3) is 11.7 Å². The summed E-state index contributed by atoms with van der Waals surface area (Å²) in [6, 6.07) is 18.2. The van der Waals surface area contributed by atoms with Crippen LogP contribution in [0.1, 0.15) is 65.8 Å². The molecule has 1 aliphatic heterocycles. The molecule has 0 saturated carbocycles. The summed E-state index contributed by atoms with van der Waals surface area (Å²) in [4.78, 5) is 40.6. The molecule has 4 rings (SSSR count). The molecule has 7 nitrogen and oxygen atoms in total. The summed E-state index contributed by atoms with van der Waals surface area (Å²) in [5.41, 5.74) is 3.61. The van der Waals surface area contributed by atoms with Crippen LogP contribution < -0.4 is 9.64 Å². The number of ketones is 1. The van der Waals surface area contributed by atoms with Gasteiger partial charge in [0.15, 0.2) is 0 Å². The molecule has 3 aromatic carbocycles. The Morgan fingerprint density at radius 2 is 1.68 bits per heavy atom. The first-order chi connectivity index (χ1) is 19.1. The van der Waals surface area contributed by atoms with Gasteiger partial charge in [-0.05, 0) is 79.8 Å². The van der Waals surface area contributed by atoms with Gasteiger partial charge in [-0.1, -0.05) is 50.6 Å². The Balaban J connectivity index is 1.79. The zero-order chi connectivity index (χ0) is 29.0. The normalized spacial score (nSPS) is 16.4. The van der Waals surface area contributed by atoms with Crippen molar-refractivity contribution in [3.05, 3.63) is 100 Å². The molecule has 1 unspecified atom stereocenters. The van der Waals surface area contributed by atoms with Crippen LogP contribution in [0.15, 0.2) is 72.3 Å².